The van der Waals surface area contributed by atoms with Gasteiger partial charge >= 0.3 is 0 Å². The fraction of sp³-hybridized carbons (Fsp3) is 0.222. The van der Waals surface area contributed by atoms with Gasteiger partial charge in [-0.3, -0.25) is 4.79 Å². The van der Waals surface area contributed by atoms with Crippen molar-refractivity contribution < 1.29 is 26.3 Å². The molecule has 2 aromatic heterocycles. The minimum absolute atomic E-state index is 0. The summed E-state index contributed by atoms with van der Waals surface area (Å²) in [4.78, 5) is 12.3. The fourth-order valence-corrected chi connectivity index (χ4v) is 3.09. The molecular formula is C18H16BrClN4O. The first-order valence-corrected chi connectivity index (χ1v) is 8.29. The smallest absolute Gasteiger partial charge is 0.227 e. The van der Waals surface area contributed by atoms with Crippen LogP contribution >= 0.6 is 11.6 Å². The van der Waals surface area contributed by atoms with Crippen LogP contribution in [0.5, 0.6) is 0 Å². The van der Waals surface area contributed by atoms with Crippen molar-refractivity contribution in [2.24, 2.45) is 0 Å². The minimum atomic E-state index is 0. The largest absolute Gasteiger partial charge is 1.00 e. The molecule has 7 heteroatoms. The summed E-state index contributed by atoms with van der Waals surface area (Å²) in [5.41, 5.74) is 1.68. The molecule has 3 heterocycles. The molecule has 0 atom stereocenters. The lowest BCUT2D eigenvalue weighted by molar-refractivity contribution is -0.683. The highest BCUT2D eigenvalue weighted by Gasteiger charge is 2.19. The molecule has 0 saturated heterocycles. The normalized spacial score (nSPS) is 12.5. The van der Waals surface area contributed by atoms with E-state index in [0.717, 1.165) is 36.6 Å². The Bertz CT molecular complexity index is 890. The van der Waals surface area contributed by atoms with Gasteiger partial charge in [-0.1, -0.05) is 11.6 Å². The van der Waals surface area contributed by atoms with Crippen molar-refractivity contribution in [3.05, 3.63) is 65.2 Å². The zero-order valence-electron chi connectivity index (χ0n) is 13.4. The van der Waals surface area contributed by atoms with Crippen LogP contribution in [-0.2, 0) is 19.5 Å². The van der Waals surface area contributed by atoms with Crippen molar-refractivity contribution in [2.45, 2.75) is 25.9 Å². The molecule has 1 aliphatic heterocycles. The van der Waals surface area contributed by atoms with Crippen molar-refractivity contribution in [3.8, 4) is 11.4 Å². The third-order valence-corrected chi connectivity index (χ3v) is 4.50. The SMILES string of the molecule is O=C(C[n+]1ccc(-c2nnc3n2CCC3)cc1)c1ccc(Cl)cc1.[Br-]. The number of carbonyl (C=O) groups excluding carboxylic acids is 1. The van der Waals surface area contributed by atoms with Crippen LogP contribution in [0.15, 0.2) is 48.8 Å². The number of hydrogen-bond donors (Lipinski definition) is 0. The Morgan fingerprint density at radius 1 is 1.12 bits per heavy atom. The molecule has 3 aromatic rings. The molecule has 1 aliphatic rings. The second kappa shape index (κ2) is 7.45. The predicted octanol–water partition coefficient (Wildman–Crippen LogP) is -0.281. The molecule has 0 amide bonds. The molecule has 0 N–H and O–H groups in total. The lowest BCUT2D eigenvalue weighted by atomic mass is 10.1. The molecule has 0 bridgehead atoms. The van der Waals surface area contributed by atoms with Crippen molar-refractivity contribution in [2.75, 3.05) is 0 Å². The molecule has 0 radical (unpaired) electrons. The number of aromatic nitrogens is 4. The Morgan fingerprint density at radius 2 is 1.84 bits per heavy atom. The van der Waals surface area contributed by atoms with Crippen LogP contribution in [0.3, 0.4) is 0 Å². The number of pyridine rings is 1. The lowest BCUT2D eigenvalue weighted by Gasteiger charge is -2.02. The van der Waals surface area contributed by atoms with Crippen molar-refractivity contribution in [1.29, 1.82) is 0 Å². The molecule has 0 unspecified atom stereocenters. The van der Waals surface area contributed by atoms with Crippen molar-refractivity contribution in [3.63, 3.8) is 0 Å². The van der Waals surface area contributed by atoms with Gasteiger partial charge in [0.2, 0.25) is 12.3 Å². The maximum atomic E-state index is 12.3. The summed E-state index contributed by atoms with van der Waals surface area (Å²) in [6.45, 7) is 1.27. The van der Waals surface area contributed by atoms with Gasteiger partial charge in [0.25, 0.3) is 0 Å². The van der Waals surface area contributed by atoms with E-state index in [1.165, 1.54) is 0 Å². The van der Waals surface area contributed by atoms with Crippen LogP contribution in [-0.4, -0.2) is 20.5 Å². The Kier molecular flexibility index (Phi) is 5.30. The van der Waals surface area contributed by atoms with Crippen LogP contribution < -0.4 is 21.5 Å². The van der Waals surface area contributed by atoms with E-state index < -0.39 is 0 Å². The summed E-state index contributed by atoms with van der Waals surface area (Å²) in [5, 5.41) is 9.14. The van der Waals surface area contributed by atoms with Crippen LogP contribution in [0, 0.1) is 0 Å². The first-order chi connectivity index (χ1) is 11.7. The van der Waals surface area contributed by atoms with Gasteiger partial charge in [0.1, 0.15) is 5.82 Å². The average Bonchev–Trinajstić information content (AvgIpc) is 3.20. The van der Waals surface area contributed by atoms with E-state index in [2.05, 4.69) is 14.8 Å². The van der Waals surface area contributed by atoms with Gasteiger partial charge in [-0.05, 0) is 30.7 Å². The third kappa shape index (κ3) is 3.65. The summed E-state index contributed by atoms with van der Waals surface area (Å²) in [6, 6.07) is 10.9. The van der Waals surface area contributed by atoms with E-state index in [0.29, 0.717) is 17.1 Å². The molecule has 0 aliphatic carbocycles. The molecule has 0 fully saturated rings. The van der Waals surface area contributed by atoms with Gasteiger partial charge in [0.05, 0.1) is 0 Å². The van der Waals surface area contributed by atoms with E-state index in [-0.39, 0.29) is 22.8 Å². The second-order valence-corrected chi connectivity index (χ2v) is 6.32. The molecule has 128 valence electrons. The number of aryl methyl sites for hydroxylation is 1. The summed E-state index contributed by atoms with van der Waals surface area (Å²) >= 11 is 5.85. The first-order valence-electron chi connectivity index (χ1n) is 7.91. The van der Waals surface area contributed by atoms with Gasteiger partial charge in [0, 0.05) is 41.2 Å². The standard InChI is InChI=1S/C18H16ClN4O.BrH/c19-15-5-3-13(4-6-15)16(24)12-22-10-7-14(8-11-22)18-21-20-17-2-1-9-23(17)18;/h3-8,10-11H,1-2,9,12H2;1H/q+1;/p-1. The molecule has 0 saturated carbocycles. The molecule has 5 nitrogen and oxygen atoms in total. The zero-order chi connectivity index (χ0) is 16.5. The summed E-state index contributed by atoms with van der Waals surface area (Å²) in [7, 11) is 0. The van der Waals surface area contributed by atoms with E-state index in [1.54, 1.807) is 24.3 Å². The number of ketones is 1. The Labute approximate surface area is 161 Å². The minimum Gasteiger partial charge on any atom is -1.00 e. The molecule has 25 heavy (non-hydrogen) atoms. The number of rotatable bonds is 4. The van der Waals surface area contributed by atoms with Crippen molar-refractivity contribution in [1.82, 2.24) is 14.8 Å². The number of nitrogens with zero attached hydrogens (tertiary/aromatic N) is 4. The summed E-state index contributed by atoms with van der Waals surface area (Å²) in [6.07, 6.45) is 5.93. The lowest BCUT2D eigenvalue weighted by Crippen LogP contribution is -3.00. The topological polar surface area (TPSA) is 51.7 Å². The van der Waals surface area contributed by atoms with Gasteiger partial charge in [-0.15, -0.1) is 10.2 Å². The molecule has 1 aromatic carbocycles. The van der Waals surface area contributed by atoms with E-state index in [1.807, 2.05) is 29.1 Å². The highest BCUT2D eigenvalue weighted by molar-refractivity contribution is 6.30. The molecule has 0 spiro atoms. The van der Waals surface area contributed by atoms with Crippen LogP contribution in [0.1, 0.15) is 22.6 Å². The van der Waals surface area contributed by atoms with Crippen LogP contribution in [0.25, 0.3) is 11.4 Å². The van der Waals surface area contributed by atoms with E-state index in [4.69, 9.17) is 11.6 Å². The van der Waals surface area contributed by atoms with E-state index >= 15 is 0 Å². The first kappa shape index (κ1) is 17.8. The fourth-order valence-electron chi connectivity index (χ4n) is 2.97. The highest BCUT2D eigenvalue weighted by atomic mass is 79.9. The number of benzene rings is 1. The van der Waals surface area contributed by atoms with Gasteiger partial charge in [-0.25, -0.2) is 0 Å². The number of halogens is 2. The Balaban J connectivity index is 0.00000182. The Hall–Kier alpha value is -2.05. The maximum Gasteiger partial charge on any atom is 0.227 e. The second-order valence-electron chi connectivity index (χ2n) is 5.88. The number of carbonyl (C=O) groups is 1. The van der Waals surface area contributed by atoms with Crippen LogP contribution in [0.2, 0.25) is 5.02 Å². The number of Topliss-reactive ketones (excluding diaryl/α,β-unsaturated/α-hetero) is 1. The molecule has 4 rings (SSSR count). The summed E-state index contributed by atoms with van der Waals surface area (Å²) < 4.78 is 4.03. The number of hydrogen-bond acceptors (Lipinski definition) is 3. The Morgan fingerprint density at radius 3 is 2.56 bits per heavy atom. The average molecular weight is 420 g/mol. The third-order valence-electron chi connectivity index (χ3n) is 4.25. The zero-order valence-corrected chi connectivity index (χ0v) is 15.7. The highest BCUT2D eigenvalue weighted by Crippen LogP contribution is 2.22. The van der Waals surface area contributed by atoms with Gasteiger partial charge in [-0.2, -0.15) is 4.57 Å². The predicted molar refractivity (Wildman–Crippen MR) is 89.8 cm³/mol. The van der Waals surface area contributed by atoms with Crippen LogP contribution in [0.4, 0.5) is 0 Å². The van der Waals surface area contributed by atoms with Gasteiger partial charge < -0.3 is 21.5 Å². The monoisotopic (exact) mass is 418 g/mol. The summed E-state index contributed by atoms with van der Waals surface area (Å²) in [5.74, 6) is 2.01. The quantitative estimate of drug-likeness (QED) is 0.432. The maximum absolute atomic E-state index is 12.3. The van der Waals surface area contributed by atoms with E-state index in [9.17, 15) is 4.79 Å². The van der Waals surface area contributed by atoms with Gasteiger partial charge in [0.15, 0.2) is 18.2 Å². The van der Waals surface area contributed by atoms with Crippen molar-refractivity contribution >= 4 is 17.4 Å². The number of fused-ring (bicyclic) bond motifs is 1. The molecular weight excluding hydrogens is 404 g/mol.